The highest BCUT2D eigenvalue weighted by atomic mass is 16.6. The lowest BCUT2D eigenvalue weighted by Gasteiger charge is -2.19. The summed E-state index contributed by atoms with van der Waals surface area (Å²) >= 11 is 0. The molecule has 2 atom stereocenters. The fourth-order valence-corrected chi connectivity index (χ4v) is 2.72. The van der Waals surface area contributed by atoms with Gasteiger partial charge in [0.25, 0.3) is 0 Å². The van der Waals surface area contributed by atoms with Gasteiger partial charge in [-0.1, -0.05) is 18.7 Å². The number of allylic oxidation sites excluding steroid dienone is 2. The number of Topliss-reactive ketones (excluding diaryl/α,β-unsaturated/α-hetero) is 1. The highest BCUT2D eigenvalue weighted by Crippen LogP contribution is 2.47. The first-order valence-corrected chi connectivity index (χ1v) is 8.24. The second-order valence-corrected chi connectivity index (χ2v) is 6.06. The van der Waals surface area contributed by atoms with Crippen molar-refractivity contribution in [3.63, 3.8) is 0 Å². The van der Waals surface area contributed by atoms with E-state index in [9.17, 15) is 9.59 Å². The van der Waals surface area contributed by atoms with Gasteiger partial charge in [0, 0.05) is 17.5 Å². The summed E-state index contributed by atoms with van der Waals surface area (Å²) in [7, 11) is 1.51. The highest BCUT2D eigenvalue weighted by molar-refractivity contribution is 5.95. The molecule has 25 heavy (non-hydrogen) atoms. The number of hydrogen-bond donors (Lipinski definition) is 0. The van der Waals surface area contributed by atoms with Crippen LogP contribution in [-0.2, 0) is 9.53 Å². The summed E-state index contributed by atoms with van der Waals surface area (Å²) in [5.74, 6) is 0.518. The van der Waals surface area contributed by atoms with Crippen LogP contribution in [0.3, 0.4) is 0 Å². The maximum Gasteiger partial charge on any atom is 0.306 e. The number of carbonyl (C=O) groups is 2. The predicted octanol–water partition coefficient (Wildman–Crippen LogP) is 4.18. The van der Waals surface area contributed by atoms with Gasteiger partial charge in [-0.2, -0.15) is 0 Å². The second kappa shape index (κ2) is 8.01. The standard InChI is InChI=1S/C20H24O5/c1-6-7-8-9-17(22)24-20-15-10-14(13(4)21)11-16(23-5)19(15)25-18(20)12(2)3/h6-7,10-11,18,20H,2,8-9H2,1,3-5H3. The minimum Gasteiger partial charge on any atom is -0.493 e. The fraction of sp³-hybridized carbons (Fsp3) is 0.400. The number of ketones is 1. The Labute approximate surface area is 148 Å². The quantitative estimate of drug-likeness (QED) is 0.422. The third kappa shape index (κ3) is 4.10. The average Bonchev–Trinajstić information content (AvgIpc) is 2.93. The van der Waals surface area contributed by atoms with Crippen LogP contribution in [0.25, 0.3) is 0 Å². The predicted molar refractivity (Wildman–Crippen MR) is 95.1 cm³/mol. The normalized spacial score (nSPS) is 18.6. The van der Waals surface area contributed by atoms with Gasteiger partial charge in [0.05, 0.1) is 7.11 Å². The Kier molecular flexibility index (Phi) is 6.02. The molecule has 0 fully saturated rings. The molecule has 0 aliphatic carbocycles. The van der Waals surface area contributed by atoms with Crippen molar-refractivity contribution in [3.05, 3.63) is 47.6 Å². The zero-order chi connectivity index (χ0) is 18.6. The zero-order valence-electron chi connectivity index (χ0n) is 15.1. The van der Waals surface area contributed by atoms with Crippen molar-refractivity contribution in [1.29, 1.82) is 0 Å². The molecular formula is C20H24O5. The van der Waals surface area contributed by atoms with Crippen molar-refractivity contribution in [1.82, 2.24) is 0 Å². The van der Waals surface area contributed by atoms with E-state index in [4.69, 9.17) is 14.2 Å². The number of rotatable bonds is 7. The van der Waals surface area contributed by atoms with E-state index < -0.39 is 12.2 Å². The van der Waals surface area contributed by atoms with Crippen molar-refractivity contribution < 1.29 is 23.8 Å². The van der Waals surface area contributed by atoms with E-state index in [2.05, 4.69) is 6.58 Å². The molecule has 0 aromatic heterocycles. The van der Waals surface area contributed by atoms with Crippen molar-refractivity contribution in [2.75, 3.05) is 7.11 Å². The van der Waals surface area contributed by atoms with Gasteiger partial charge in [-0.05, 0) is 44.9 Å². The topological polar surface area (TPSA) is 61.8 Å². The number of benzene rings is 1. The Hall–Kier alpha value is -2.56. The fourth-order valence-electron chi connectivity index (χ4n) is 2.72. The molecule has 0 spiro atoms. The number of hydrogen-bond acceptors (Lipinski definition) is 5. The third-order valence-electron chi connectivity index (χ3n) is 4.03. The molecule has 0 amide bonds. The molecule has 5 nitrogen and oxygen atoms in total. The largest absolute Gasteiger partial charge is 0.493 e. The van der Waals surface area contributed by atoms with Crippen LogP contribution in [0, 0.1) is 0 Å². The highest BCUT2D eigenvalue weighted by Gasteiger charge is 2.40. The van der Waals surface area contributed by atoms with Crippen molar-refractivity contribution in [3.8, 4) is 11.5 Å². The van der Waals surface area contributed by atoms with E-state index in [0.717, 1.165) is 5.57 Å². The van der Waals surface area contributed by atoms with Gasteiger partial charge in [-0.3, -0.25) is 9.59 Å². The Morgan fingerprint density at radius 2 is 2.04 bits per heavy atom. The lowest BCUT2D eigenvalue weighted by atomic mass is 9.99. The van der Waals surface area contributed by atoms with E-state index in [0.29, 0.717) is 29.0 Å². The summed E-state index contributed by atoms with van der Waals surface area (Å²) in [6, 6.07) is 3.33. The number of methoxy groups -OCH3 is 1. The molecule has 0 N–H and O–H groups in total. The summed E-state index contributed by atoms with van der Waals surface area (Å²) < 4.78 is 17.0. The maximum absolute atomic E-state index is 12.2. The Morgan fingerprint density at radius 3 is 2.60 bits per heavy atom. The summed E-state index contributed by atoms with van der Waals surface area (Å²) in [6.45, 7) is 9.13. The summed E-state index contributed by atoms with van der Waals surface area (Å²) in [4.78, 5) is 24.0. The van der Waals surface area contributed by atoms with Gasteiger partial charge in [-0.15, -0.1) is 0 Å². The van der Waals surface area contributed by atoms with E-state index in [1.54, 1.807) is 12.1 Å². The van der Waals surface area contributed by atoms with Crippen LogP contribution in [0.15, 0.2) is 36.4 Å². The Morgan fingerprint density at radius 1 is 1.32 bits per heavy atom. The first kappa shape index (κ1) is 18.8. The minimum atomic E-state index is -0.640. The molecule has 1 aliphatic rings. The Bertz CT molecular complexity index is 717. The van der Waals surface area contributed by atoms with E-state index in [1.807, 2.05) is 26.0 Å². The molecule has 134 valence electrons. The van der Waals surface area contributed by atoms with Gasteiger partial charge in [-0.25, -0.2) is 0 Å². The van der Waals surface area contributed by atoms with Crippen LogP contribution >= 0.6 is 0 Å². The molecule has 0 saturated heterocycles. The van der Waals surface area contributed by atoms with Crippen molar-refractivity contribution >= 4 is 11.8 Å². The molecule has 1 aromatic rings. The van der Waals surface area contributed by atoms with Gasteiger partial charge in [0.1, 0.15) is 0 Å². The van der Waals surface area contributed by atoms with Crippen LogP contribution < -0.4 is 9.47 Å². The van der Waals surface area contributed by atoms with Crippen LogP contribution in [0.5, 0.6) is 11.5 Å². The lowest BCUT2D eigenvalue weighted by Crippen LogP contribution is -2.24. The SMILES string of the molecule is C=C(C)C1Oc2c(OC)cc(C(C)=O)cc2C1OC(=O)CCC=CC. The molecule has 1 heterocycles. The van der Waals surface area contributed by atoms with Gasteiger partial charge in [0.2, 0.25) is 0 Å². The van der Waals surface area contributed by atoms with Crippen LogP contribution in [0.1, 0.15) is 55.6 Å². The Balaban J connectivity index is 2.37. The molecule has 1 aromatic carbocycles. The summed E-state index contributed by atoms with van der Waals surface area (Å²) in [5, 5.41) is 0. The summed E-state index contributed by atoms with van der Waals surface area (Å²) in [5.41, 5.74) is 1.85. The van der Waals surface area contributed by atoms with E-state index in [-0.39, 0.29) is 18.2 Å². The van der Waals surface area contributed by atoms with Crippen LogP contribution in [0.4, 0.5) is 0 Å². The number of ether oxygens (including phenoxy) is 3. The molecule has 5 heteroatoms. The summed E-state index contributed by atoms with van der Waals surface area (Å²) in [6.07, 6.45) is 3.55. The molecule has 2 rings (SSSR count). The monoisotopic (exact) mass is 344 g/mol. The molecule has 0 saturated carbocycles. The van der Waals surface area contributed by atoms with Gasteiger partial charge >= 0.3 is 5.97 Å². The number of esters is 1. The second-order valence-electron chi connectivity index (χ2n) is 6.06. The first-order valence-electron chi connectivity index (χ1n) is 8.24. The molecule has 2 unspecified atom stereocenters. The molecule has 0 bridgehead atoms. The van der Waals surface area contributed by atoms with Gasteiger partial charge < -0.3 is 14.2 Å². The third-order valence-corrected chi connectivity index (χ3v) is 4.03. The number of fused-ring (bicyclic) bond motifs is 1. The number of carbonyl (C=O) groups excluding carboxylic acids is 2. The lowest BCUT2D eigenvalue weighted by molar-refractivity contribution is -0.151. The molecule has 0 radical (unpaired) electrons. The first-order chi connectivity index (χ1) is 11.9. The smallest absolute Gasteiger partial charge is 0.306 e. The van der Waals surface area contributed by atoms with Crippen molar-refractivity contribution in [2.45, 2.75) is 45.8 Å². The zero-order valence-corrected chi connectivity index (χ0v) is 15.1. The van der Waals surface area contributed by atoms with Gasteiger partial charge in [0.15, 0.2) is 29.5 Å². The van der Waals surface area contributed by atoms with Crippen LogP contribution in [-0.4, -0.2) is 25.0 Å². The van der Waals surface area contributed by atoms with Crippen molar-refractivity contribution in [2.24, 2.45) is 0 Å². The van der Waals surface area contributed by atoms with E-state index in [1.165, 1.54) is 14.0 Å². The average molecular weight is 344 g/mol. The molecular weight excluding hydrogens is 320 g/mol. The van der Waals surface area contributed by atoms with E-state index >= 15 is 0 Å². The molecule has 1 aliphatic heterocycles. The van der Waals surface area contributed by atoms with Crippen LogP contribution in [0.2, 0.25) is 0 Å². The minimum absolute atomic E-state index is 0.0990. The maximum atomic E-state index is 12.2.